The Kier molecular flexibility index (Phi) is 12.4. The highest BCUT2D eigenvalue weighted by molar-refractivity contribution is 5.95. The lowest BCUT2D eigenvalue weighted by molar-refractivity contribution is -0.156. The number of methoxy groups -OCH3 is 1. The predicted molar refractivity (Wildman–Crippen MR) is 149 cm³/mol. The second kappa shape index (κ2) is 15.2. The fourth-order valence-electron chi connectivity index (χ4n) is 4.67. The summed E-state index contributed by atoms with van der Waals surface area (Å²) in [7, 11) is 1.27. The average Bonchev–Trinajstić information content (AvgIpc) is 2.91. The molecule has 0 aromatic heterocycles. The largest absolute Gasteiger partial charge is 0.467 e. The van der Waals surface area contributed by atoms with Gasteiger partial charge in [0.25, 0.3) is 0 Å². The number of nitrogens with zero attached hydrogens (tertiary/aromatic N) is 2. The summed E-state index contributed by atoms with van der Waals surface area (Å²) in [6, 6.07) is 5.76. The minimum atomic E-state index is -0.920. The van der Waals surface area contributed by atoms with E-state index in [9.17, 15) is 24.0 Å². The molecule has 1 aliphatic heterocycles. The number of hydrogen-bond donors (Lipinski definition) is 2. The number of alkyl carbamates (subject to hydrolysis) is 1. The van der Waals surface area contributed by atoms with Crippen LogP contribution in [0.25, 0.3) is 0 Å². The minimum absolute atomic E-state index is 0.0639. The molecule has 4 amide bonds. The molecule has 1 saturated heterocycles. The summed E-state index contributed by atoms with van der Waals surface area (Å²) in [5.74, 6) is -1.55. The smallest absolute Gasteiger partial charge is 0.408 e. The summed E-state index contributed by atoms with van der Waals surface area (Å²) in [6.45, 7) is 11.3. The summed E-state index contributed by atoms with van der Waals surface area (Å²) in [4.78, 5) is 67.5. The van der Waals surface area contributed by atoms with Crippen LogP contribution < -0.4 is 10.6 Å². The predicted octanol–water partition coefficient (Wildman–Crippen LogP) is 2.48. The second-order valence-corrected chi connectivity index (χ2v) is 11.0. The van der Waals surface area contributed by atoms with Crippen molar-refractivity contribution in [2.24, 2.45) is 11.8 Å². The highest BCUT2D eigenvalue weighted by Crippen LogP contribution is 2.20. The minimum Gasteiger partial charge on any atom is -0.467 e. The van der Waals surface area contributed by atoms with Crippen LogP contribution in [0.2, 0.25) is 0 Å². The van der Waals surface area contributed by atoms with Crippen LogP contribution in [0.3, 0.4) is 0 Å². The number of benzene rings is 1. The van der Waals surface area contributed by atoms with Gasteiger partial charge in [0.1, 0.15) is 30.8 Å². The normalized spacial score (nSPS) is 17.7. The summed E-state index contributed by atoms with van der Waals surface area (Å²) in [5, 5.41) is 5.31. The van der Waals surface area contributed by atoms with Gasteiger partial charge in [0.2, 0.25) is 17.7 Å². The van der Waals surface area contributed by atoms with E-state index >= 15 is 0 Å². The van der Waals surface area contributed by atoms with Crippen LogP contribution in [0.15, 0.2) is 30.3 Å². The Hall–Kier alpha value is -3.63. The van der Waals surface area contributed by atoms with Gasteiger partial charge in [-0.15, -0.1) is 0 Å². The molecule has 0 bridgehead atoms. The van der Waals surface area contributed by atoms with Crippen molar-refractivity contribution in [3.8, 4) is 0 Å². The molecular weight excluding hydrogens is 516 g/mol. The lowest BCUT2D eigenvalue weighted by atomic mass is 9.98. The molecule has 1 fully saturated rings. The zero-order valence-corrected chi connectivity index (χ0v) is 24.6. The van der Waals surface area contributed by atoms with Crippen molar-refractivity contribution in [2.75, 3.05) is 20.2 Å². The number of esters is 1. The van der Waals surface area contributed by atoms with E-state index < -0.39 is 48.0 Å². The molecule has 4 atom stereocenters. The lowest BCUT2D eigenvalue weighted by Gasteiger charge is -2.43. The zero-order valence-electron chi connectivity index (χ0n) is 24.6. The first kappa shape index (κ1) is 32.6. The molecule has 0 saturated carbocycles. The van der Waals surface area contributed by atoms with Gasteiger partial charge in [0, 0.05) is 13.1 Å². The maximum atomic E-state index is 13.5. The van der Waals surface area contributed by atoms with Crippen molar-refractivity contribution in [3.63, 3.8) is 0 Å². The summed E-state index contributed by atoms with van der Waals surface area (Å²) in [6.07, 6.45) is 0.0504. The van der Waals surface area contributed by atoms with Gasteiger partial charge >= 0.3 is 12.1 Å². The molecule has 0 unspecified atom stereocenters. The number of amides is 4. The first-order chi connectivity index (χ1) is 18.8. The zero-order chi connectivity index (χ0) is 30.0. The van der Waals surface area contributed by atoms with E-state index in [-0.39, 0.29) is 37.4 Å². The molecule has 11 heteroatoms. The van der Waals surface area contributed by atoms with Crippen LogP contribution in [-0.2, 0) is 35.3 Å². The fraction of sp³-hybridized carbons (Fsp3) is 0.621. The Balaban J connectivity index is 2.06. The molecule has 0 spiro atoms. The number of nitrogens with one attached hydrogen (secondary N) is 2. The highest BCUT2D eigenvalue weighted by Gasteiger charge is 2.41. The Labute approximate surface area is 236 Å². The van der Waals surface area contributed by atoms with Crippen LogP contribution in [0.1, 0.15) is 59.9 Å². The van der Waals surface area contributed by atoms with E-state index in [0.29, 0.717) is 12.8 Å². The molecule has 1 aliphatic rings. The van der Waals surface area contributed by atoms with Crippen LogP contribution in [0.5, 0.6) is 0 Å². The molecule has 2 N–H and O–H groups in total. The molecular formula is C29H44N4O7. The average molecular weight is 561 g/mol. The number of carbonyl (C=O) groups excluding carboxylic acids is 5. The van der Waals surface area contributed by atoms with E-state index in [4.69, 9.17) is 9.47 Å². The highest BCUT2D eigenvalue weighted by atomic mass is 16.5. The molecule has 1 aromatic rings. The van der Waals surface area contributed by atoms with Gasteiger partial charge < -0.3 is 29.9 Å². The van der Waals surface area contributed by atoms with Crippen molar-refractivity contribution in [1.82, 2.24) is 20.4 Å². The molecule has 40 heavy (non-hydrogen) atoms. The number of ether oxygens (including phenoxy) is 2. The SMILES string of the molecule is COC(=O)[C@H](CC(C)C)NC(=O)[C@H](CC(C)C)N1CCN(C(=O)[C@H](C)NC(=O)OCc2ccccc2)[C@@H](C)C1=O. The van der Waals surface area contributed by atoms with Crippen molar-refractivity contribution in [1.29, 1.82) is 0 Å². The van der Waals surface area contributed by atoms with Crippen LogP contribution >= 0.6 is 0 Å². The molecule has 0 radical (unpaired) electrons. The molecule has 0 aliphatic carbocycles. The first-order valence-electron chi connectivity index (χ1n) is 13.8. The van der Waals surface area contributed by atoms with Crippen molar-refractivity contribution in [2.45, 2.75) is 85.2 Å². The van der Waals surface area contributed by atoms with Crippen molar-refractivity contribution >= 4 is 29.8 Å². The Morgan fingerprint density at radius 3 is 2.15 bits per heavy atom. The van der Waals surface area contributed by atoms with Gasteiger partial charge in [-0.1, -0.05) is 58.0 Å². The summed E-state index contributed by atoms with van der Waals surface area (Å²) >= 11 is 0. The number of rotatable bonds is 12. The third kappa shape index (κ3) is 9.24. The Bertz CT molecular complexity index is 1030. The van der Waals surface area contributed by atoms with Gasteiger partial charge in [-0.3, -0.25) is 14.4 Å². The van der Waals surface area contributed by atoms with Gasteiger partial charge in [-0.25, -0.2) is 9.59 Å². The van der Waals surface area contributed by atoms with Gasteiger partial charge in [0.05, 0.1) is 7.11 Å². The van der Waals surface area contributed by atoms with Crippen LogP contribution in [0, 0.1) is 11.8 Å². The van der Waals surface area contributed by atoms with E-state index in [1.165, 1.54) is 23.8 Å². The summed E-state index contributed by atoms with van der Waals surface area (Å²) in [5.41, 5.74) is 0.814. The third-order valence-electron chi connectivity index (χ3n) is 6.77. The maximum Gasteiger partial charge on any atom is 0.408 e. The lowest BCUT2D eigenvalue weighted by Crippen LogP contribution is -2.65. The van der Waals surface area contributed by atoms with Gasteiger partial charge in [0.15, 0.2) is 0 Å². The first-order valence-corrected chi connectivity index (χ1v) is 13.8. The maximum absolute atomic E-state index is 13.5. The van der Waals surface area contributed by atoms with Crippen LogP contribution in [-0.4, -0.2) is 84.0 Å². The molecule has 1 aromatic carbocycles. The Morgan fingerprint density at radius 1 is 0.950 bits per heavy atom. The summed E-state index contributed by atoms with van der Waals surface area (Å²) < 4.78 is 10.1. The van der Waals surface area contributed by atoms with Gasteiger partial charge in [-0.2, -0.15) is 0 Å². The van der Waals surface area contributed by atoms with Crippen molar-refractivity contribution in [3.05, 3.63) is 35.9 Å². The number of piperazine rings is 1. The number of carbonyl (C=O) groups is 5. The van der Waals surface area contributed by atoms with E-state index in [0.717, 1.165) is 5.56 Å². The standard InChI is InChI=1S/C29H44N4O7/c1-18(2)15-23(28(37)39-7)31-25(34)24(16-19(3)4)33-14-13-32(21(6)27(33)36)26(35)20(5)30-29(38)40-17-22-11-9-8-10-12-22/h8-12,18-21,23-24H,13-17H2,1-7H3,(H,30,38)(H,31,34)/t20-,21-,23-,24-/m0/s1. The molecule has 1 heterocycles. The molecule has 11 nitrogen and oxygen atoms in total. The quantitative estimate of drug-likeness (QED) is 0.375. The number of hydrogen-bond acceptors (Lipinski definition) is 7. The van der Waals surface area contributed by atoms with E-state index in [1.807, 2.05) is 58.0 Å². The van der Waals surface area contributed by atoms with E-state index in [1.54, 1.807) is 6.92 Å². The second-order valence-electron chi connectivity index (χ2n) is 11.0. The third-order valence-corrected chi connectivity index (χ3v) is 6.77. The van der Waals surface area contributed by atoms with Crippen LogP contribution in [0.4, 0.5) is 4.79 Å². The molecule has 222 valence electrons. The Morgan fingerprint density at radius 2 is 1.57 bits per heavy atom. The van der Waals surface area contributed by atoms with E-state index in [2.05, 4.69) is 10.6 Å². The monoisotopic (exact) mass is 560 g/mol. The van der Waals surface area contributed by atoms with Gasteiger partial charge in [-0.05, 0) is 44.1 Å². The van der Waals surface area contributed by atoms with Crippen molar-refractivity contribution < 1.29 is 33.4 Å². The molecule has 2 rings (SSSR count). The fourth-order valence-corrected chi connectivity index (χ4v) is 4.67. The topological polar surface area (TPSA) is 134 Å².